The standard InChI is InChI=1S/C44H82O4/c1-5-9-11-13-15-17-19-21-23-25-27-33-43(7-3,37-45)39-47-35-41-29-31-42(32-30-41)36-48-40-44(8-4,38-46)34-28-26-24-22-20-18-16-14-12-10-6-2/h29-32,45-46H,5-28,33-40H2,1-4H3. The summed E-state index contributed by atoms with van der Waals surface area (Å²) in [7, 11) is 0. The van der Waals surface area contributed by atoms with E-state index in [1.165, 1.54) is 141 Å². The zero-order valence-corrected chi connectivity index (χ0v) is 32.6. The first-order valence-electron chi connectivity index (χ1n) is 21.0. The lowest BCUT2D eigenvalue weighted by atomic mass is 9.81. The molecule has 4 nitrogen and oxygen atoms in total. The molecule has 1 rings (SSSR count). The molecule has 2 unspecified atom stereocenters. The van der Waals surface area contributed by atoms with Gasteiger partial charge in [0, 0.05) is 10.8 Å². The van der Waals surface area contributed by atoms with Crippen molar-refractivity contribution < 1.29 is 19.7 Å². The smallest absolute Gasteiger partial charge is 0.0717 e. The number of aliphatic hydroxyl groups excluding tert-OH is 2. The minimum atomic E-state index is -0.126. The summed E-state index contributed by atoms with van der Waals surface area (Å²) >= 11 is 0. The van der Waals surface area contributed by atoms with Crippen LogP contribution in [0.25, 0.3) is 0 Å². The van der Waals surface area contributed by atoms with Crippen molar-refractivity contribution in [2.24, 2.45) is 10.8 Å². The SMILES string of the molecule is CCCCCCCCCCCCCC(CC)(CO)COCc1ccc(COCC(CC)(CO)CCCCCCCCCCCCC)cc1. The number of hydrogen-bond donors (Lipinski definition) is 2. The second kappa shape index (κ2) is 30.8. The molecule has 2 N–H and O–H groups in total. The molecule has 0 radical (unpaired) electrons. The zero-order valence-electron chi connectivity index (χ0n) is 32.6. The number of hydrogen-bond acceptors (Lipinski definition) is 4. The molecule has 0 aromatic heterocycles. The van der Waals surface area contributed by atoms with Crippen LogP contribution < -0.4 is 0 Å². The van der Waals surface area contributed by atoms with Gasteiger partial charge in [0.25, 0.3) is 0 Å². The third-order valence-electron chi connectivity index (χ3n) is 11.2. The van der Waals surface area contributed by atoms with Crippen molar-refractivity contribution in [3.05, 3.63) is 35.4 Å². The summed E-state index contributed by atoms with van der Waals surface area (Å²) in [6, 6.07) is 8.55. The number of rotatable bonds is 36. The Morgan fingerprint density at radius 3 is 0.938 bits per heavy atom. The number of aliphatic hydroxyl groups is 2. The van der Waals surface area contributed by atoms with Crippen molar-refractivity contribution in [3.63, 3.8) is 0 Å². The van der Waals surface area contributed by atoms with Crippen molar-refractivity contribution >= 4 is 0 Å². The van der Waals surface area contributed by atoms with Gasteiger partial charge in [-0.3, -0.25) is 0 Å². The molecule has 1 aromatic carbocycles. The average Bonchev–Trinajstić information content (AvgIpc) is 3.12. The third kappa shape index (κ3) is 22.0. The summed E-state index contributed by atoms with van der Waals surface area (Å²) in [5, 5.41) is 20.5. The molecule has 0 aliphatic carbocycles. The average molecular weight is 675 g/mol. The Kier molecular flexibility index (Phi) is 29.0. The second-order valence-electron chi connectivity index (χ2n) is 15.4. The van der Waals surface area contributed by atoms with E-state index < -0.39 is 0 Å². The van der Waals surface area contributed by atoms with Gasteiger partial charge in [0.1, 0.15) is 0 Å². The monoisotopic (exact) mass is 675 g/mol. The van der Waals surface area contributed by atoms with Crippen LogP contribution in [0.15, 0.2) is 24.3 Å². The first-order valence-corrected chi connectivity index (χ1v) is 21.0. The summed E-state index contributed by atoms with van der Waals surface area (Å²) in [6.45, 7) is 11.7. The first-order chi connectivity index (χ1) is 23.5. The van der Waals surface area contributed by atoms with Crippen molar-refractivity contribution in [2.45, 2.75) is 208 Å². The van der Waals surface area contributed by atoms with E-state index in [0.29, 0.717) is 26.4 Å². The highest BCUT2D eigenvalue weighted by molar-refractivity contribution is 5.21. The van der Waals surface area contributed by atoms with Crippen molar-refractivity contribution in [1.29, 1.82) is 0 Å². The predicted octanol–water partition coefficient (Wildman–Crippen LogP) is 12.9. The highest BCUT2D eigenvalue weighted by atomic mass is 16.5. The Morgan fingerprint density at radius 2 is 0.688 bits per heavy atom. The van der Waals surface area contributed by atoms with E-state index in [0.717, 1.165) is 36.8 Å². The quantitative estimate of drug-likeness (QED) is 0.0696. The zero-order chi connectivity index (χ0) is 35.0. The molecule has 0 fully saturated rings. The van der Waals surface area contributed by atoms with Crippen LogP contribution in [0, 0.1) is 10.8 Å². The first kappa shape index (κ1) is 45.1. The van der Waals surface area contributed by atoms with Crippen LogP contribution in [0.2, 0.25) is 0 Å². The van der Waals surface area contributed by atoms with Crippen LogP contribution in [0.1, 0.15) is 206 Å². The fourth-order valence-corrected chi connectivity index (χ4v) is 7.01. The van der Waals surface area contributed by atoms with E-state index in [2.05, 4.69) is 52.0 Å². The summed E-state index contributed by atoms with van der Waals surface area (Å²) in [6.07, 6.45) is 33.6. The highest BCUT2D eigenvalue weighted by Crippen LogP contribution is 2.31. The van der Waals surface area contributed by atoms with Gasteiger partial charge in [0.2, 0.25) is 0 Å². The minimum Gasteiger partial charge on any atom is -0.396 e. The lowest BCUT2D eigenvalue weighted by Crippen LogP contribution is -2.30. The van der Waals surface area contributed by atoms with E-state index in [9.17, 15) is 10.2 Å². The maximum atomic E-state index is 10.3. The van der Waals surface area contributed by atoms with Crippen molar-refractivity contribution in [2.75, 3.05) is 26.4 Å². The van der Waals surface area contributed by atoms with Gasteiger partial charge in [-0.25, -0.2) is 0 Å². The molecule has 0 aliphatic heterocycles. The normalized spacial score (nSPS) is 14.3. The molecular weight excluding hydrogens is 592 g/mol. The molecule has 4 heteroatoms. The van der Waals surface area contributed by atoms with Crippen LogP contribution in [0.3, 0.4) is 0 Å². The second-order valence-corrected chi connectivity index (χ2v) is 15.4. The predicted molar refractivity (Wildman–Crippen MR) is 208 cm³/mol. The lowest BCUT2D eigenvalue weighted by molar-refractivity contribution is -0.0110. The van der Waals surface area contributed by atoms with Gasteiger partial charge in [-0.05, 0) is 36.8 Å². The van der Waals surface area contributed by atoms with Gasteiger partial charge in [0.15, 0.2) is 0 Å². The summed E-state index contributed by atoms with van der Waals surface area (Å²) in [4.78, 5) is 0. The van der Waals surface area contributed by atoms with Gasteiger partial charge >= 0.3 is 0 Å². The van der Waals surface area contributed by atoms with Crippen molar-refractivity contribution in [1.82, 2.24) is 0 Å². The van der Waals surface area contributed by atoms with E-state index in [-0.39, 0.29) is 24.0 Å². The van der Waals surface area contributed by atoms with Crippen LogP contribution in [-0.2, 0) is 22.7 Å². The van der Waals surface area contributed by atoms with E-state index in [1.54, 1.807) is 0 Å². The Morgan fingerprint density at radius 1 is 0.417 bits per heavy atom. The summed E-state index contributed by atoms with van der Waals surface area (Å²) < 4.78 is 12.4. The fourth-order valence-electron chi connectivity index (χ4n) is 7.01. The van der Waals surface area contributed by atoms with Gasteiger partial charge in [0.05, 0.1) is 39.6 Å². The van der Waals surface area contributed by atoms with E-state index in [4.69, 9.17) is 9.47 Å². The molecule has 0 saturated heterocycles. The Hall–Kier alpha value is -0.940. The largest absolute Gasteiger partial charge is 0.396 e. The molecule has 0 aliphatic rings. The van der Waals surface area contributed by atoms with Crippen LogP contribution in [0.5, 0.6) is 0 Å². The molecule has 2 atom stereocenters. The molecule has 1 aromatic rings. The molecule has 0 saturated carbocycles. The number of ether oxygens (including phenoxy) is 2. The summed E-state index contributed by atoms with van der Waals surface area (Å²) in [5.41, 5.74) is 2.07. The van der Waals surface area contributed by atoms with Crippen molar-refractivity contribution in [3.8, 4) is 0 Å². The fraction of sp³-hybridized carbons (Fsp3) is 0.864. The molecule has 0 heterocycles. The Bertz CT molecular complexity index is 732. The highest BCUT2D eigenvalue weighted by Gasteiger charge is 2.28. The molecule has 0 spiro atoms. The maximum absolute atomic E-state index is 10.3. The topological polar surface area (TPSA) is 58.9 Å². The Labute approximate surface area is 299 Å². The molecular formula is C44H82O4. The molecule has 0 amide bonds. The van der Waals surface area contributed by atoms with Crippen LogP contribution in [0.4, 0.5) is 0 Å². The molecule has 0 bridgehead atoms. The number of benzene rings is 1. The number of unbranched alkanes of at least 4 members (excludes halogenated alkanes) is 20. The van der Waals surface area contributed by atoms with Crippen LogP contribution >= 0.6 is 0 Å². The van der Waals surface area contributed by atoms with Gasteiger partial charge in [-0.1, -0.05) is 193 Å². The minimum absolute atomic E-state index is 0.126. The lowest BCUT2D eigenvalue weighted by Gasteiger charge is -2.31. The van der Waals surface area contributed by atoms with Gasteiger partial charge in [-0.2, -0.15) is 0 Å². The summed E-state index contributed by atoms with van der Waals surface area (Å²) in [5.74, 6) is 0. The molecule has 48 heavy (non-hydrogen) atoms. The maximum Gasteiger partial charge on any atom is 0.0717 e. The van der Waals surface area contributed by atoms with Gasteiger partial charge in [-0.15, -0.1) is 0 Å². The van der Waals surface area contributed by atoms with Gasteiger partial charge < -0.3 is 19.7 Å². The molecule has 282 valence electrons. The van der Waals surface area contributed by atoms with E-state index >= 15 is 0 Å². The van der Waals surface area contributed by atoms with E-state index in [1.807, 2.05) is 0 Å². The third-order valence-corrected chi connectivity index (χ3v) is 11.2. The van der Waals surface area contributed by atoms with Crippen LogP contribution in [-0.4, -0.2) is 36.6 Å². The Balaban J connectivity index is 2.27.